The molecule has 2 N–H and O–H groups in total. The van der Waals surface area contributed by atoms with E-state index in [1.807, 2.05) is 30.3 Å². The largest absolute Gasteiger partial charge is 0.465 e. The van der Waals surface area contributed by atoms with Crippen molar-refractivity contribution in [1.82, 2.24) is 0 Å². The maximum Gasteiger partial charge on any atom is 0.338 e. The minimum Gasteiger partial charge on any atom is -0.465 e. The van der Waals surface area contributed by atoms with Crippen molar-refractivity contribution >= 4 is 11.7 Å². The monoisotopic (exact) mass is 437 g/mol. The first-order valence-corrected chi connectivity index (χ1v) is 11.8. The molecule has 4 aliphatic carbocycles. The molecule has 0 saturated carbocycles. The lowest BCUT2D eigenvalue weighted by molar-refractivity contribution is 0.0599. The summed E-state index contributed by atoms with van der Waals surface area (Å²) in [6.45, 7) is 0. The fourth-order valence-electron chi connectivity index (χ4n) is 4.41. The zero-order valence-electron chi connectivity index (χ0n) is 19.3. The Kier molecular flexibility index (Phi) is 7.47. The summed E-state index contributed by atoms with van der Waals surface area (Å²) < 4.78 is 5.05. The molecule has 7 rings (SSSR count). The fraction of sp³-hybridized carbons (Fsp3) is 0.300. The van der Waals surface area contributed by atoms with E-state index in [0.717, 1.165) is 79.3 Å². The first kappa shape index (κ1) is 22.7. The van der Waals surface area contributed by atoms with Crippen LogP contribution in [0.15, 0.2) is 60.7 Å². The topological polar surface area (TPSA) is 52.3 Å². The highest BCUT2D eigenvalue weighted by Crippen LogP contribution is 2.21. The Bertz CT molecular complexity index is 1180. The number of rotatable bonds is 1. The third-order valence-electron chi connectivity index (χ3n) is 6.33. The maximum absolute atomic E-state index is 12.3. The van der Waals surface area contributed by atoms with Crippen molar-refractivity contribution in [2.24, 2.45) is 0 Å². The van der Waals surface area contributed by atoms with Crippen LogP contribution in [-0.4, -0.2) is 13.1 Å². The molecule has 3 nitrogen and oxygen atoms in total. The van der Waals surface area contributed by atoms with Gasteiger partial charge in [-0.05, 0) is 110 Å². The molecule has 168 valence electrons. The van der Waals surface area contributed by atoms with Crippen molar-refractivity contribution in [2.45, 2.75) is 51.4 Å². The minimum atomic E-state index is -0.233. The second-order valence-electron chi connectivity index (χ2n) is 8.76. The number of nitrogen functional groups attached to an aromatic ring is 1. The van der Waals surface area contributed by atoms with Gasteiger partial charge in [-0.15, -0.1) is 0 Å². The Hall–Kier alpha value is -3.51. The van der Waals surface area contributed by atoms with Crippen LogP contribution in [0.2, 0.25) is 0 Å². The van der Waals surface area contributed by atoms with Gasteiger partial charge in [0.2, 0.25) is 0 Å². The van der Waals surface area contributed by atoms with Crippen molar-refractivity contribution in [3.63, 3.8) is 0 Å². The summed E-state index contributed by atoms with van der Waals surface area (Å²) in [6.07, 6.45) is 8.06. The third kappa shape index (κ3) is 6.05. The van der Waals surface area contributed by atoms with Crippen molar-refractivity contribution in [1.29, 1.82) is 0 Å². The van der Waals surface area contributed by atoms with Crippen LogP contribution in [-0.2, 0) is 30.4 Å². The average molecular weight is 438 g/mol. The number of carbonyl (C=O) groups excluding carboxylic acids is 1. The van der Waals surface area contributed by atoms with Gasteiger partial charge in [0.05, 0.1) is 12.7 Å². The molecule has 0 radical (unpaired) electrons. The summed E-state index contributed by atoms with van der Waals surface area (Å²) >= 11 is 0. The van der Waals surface area contributed by atoms with Gasteiger partial charge in [-0.25, -0.2) is 4.79 Å². The van der Waals surface area contributed by atoms with Crippen LogP contribution in [0.5, 0.6) is 0 Å². The van der Waals surface area contributed by atoms with E-state index in [1.54, 1.807) is 0 Å². The third-order valence-corrected chi connectivity index (χ3v) is 6.33. The van der Waals surface area contributed by atoms with E-state index in [1.165, 1.54) is 23.8 Å². The number of aryl methyl sites for hydroxylation is 4. The Balaban J connectivity index is 1.58. The lowest BCUT2D eigenvalue weighted by Gasteiger charge is -2.13. The molecule has 0 heterocycles. The smallest absolute Gasteiger partial charge is 0.338 e. The molecule has 0 spiro atoms. The molecular formula is C30H31NO2. The molecule has 0 aliphatic heterocycles. The second kappa shape index (κ2) is 10.9. The van der Waals surface area contributed by atoms with Crippen LogP contribution in [0.3, 0.4) is 0 Å². The maximum atomic E-state index is 12.3. The highest BCUT2D eigenvalue weighted by Gasteiger charge is 2.13. The zero-order chi connectivity index (χ0) is 23.0. The molecular weight excluding hydrogens is 406 g/mol. The second-order valence-corrected chi connectivity index (χ2v) is 8.76. The molecule has 3 aromatic carbocycles. The molecule has 0 fully saturated rings. The Morgan fingerprint density at radius 3 is 2.06 bits per heavy atom. The molecule has 0 atom stereocenters. The van der Waals surface area contributed by atoms with Gasteiger partial charge in [-0.1, -0.05) is 36.1 Å². The van der Waals surface area contributed by atoms with Crippen LogP contribution in [0, 0.1) is 11.8 Å². The van der Waals surface area contributed by atoms with Crippen molar-refractivity contribution in [2.75, 3.05) is 12.8 Å². The molecule has 0 aromatic heterocycles. The zero-order valence-corrected chi connectivity index (χ0v) is 19.3. The van der Waals surface area contributed by atoms with Crippen LogP contribution in [0.4, 0.5) is 5.69 Å². The lowest BCUT2D eigenvalue weighted by Crippen LogP contribution is -2.07. The van der Waals surface area contributed by atoms with E-state index in [2.05, 4.69) is 42.2 Å². The Morgan fingerprint density at radius 1 is 0.758 bits per heavy atom. The van der Waals surface area contributed by atoms with E-state index >= 15 is 0 Å². The molecule has 4 aliphatic rings. The Labute approximate surface area is 197 Å². The minimum absolute atomic E-state index is 0.233. The van der Waals surface area contributed by atoms with E-state index in [4.69, 9.17) is 10.5 Å². The number of nitrogens with two attached hydrogens (primary N) is 1. The van der Waals surface area contributed by atoms with E-state index < -0.39 is 0 Å². The van der Waals surface area contributed by atoms with Crippen LogP contribution < -0.4 is 5.73 Å². The van der Waals surface area contributed by atoms with Gasteiger partial charge in [-0.3, -0.25) is 0 Å². The number of ether oxygens (including phenoxy) is 1. The predicted octanol–water partition coefficient (Wildman–Crippen LogP) is 5.90. The Morgan fingerprint density at radius 2 is 1.36 bits per heavy atom. The number of hydrogen-bond donors (Lipinski definition) is 1. The summed E-state index contributed by atoms with van der Waals surface area (Å²) in [6, 6.07) is 20.8. The van der Waals surface area contributed by atoms with Crippen LogP contribution >= 0.6 is 0 Å². The van der Waals surface area contributed by atoms with E-state index in [-0.39, 0.29) is 5.97 Å². The predicted molar refractivity (Wildman–Crippen MR) is 134 cm³/mol. The van der Waals surface area contributed by atoms with Gasteiger partial charge in [0, 0.05) is 16.8 Å². The summed E-state index contributed by atoms with van der Waals surface area (Å²) in [4.78, 5) is 12.3. The first-order valence-electron chi connectivity index (χ1n) is 11.8. The van der Waals surface area contributed by atoms with E-state index in [9.17, 15) is 4.79 Å². The first-order chi connectivity index (χ1) is 16.1. The van der Waals surface area contributed by atoms with Gasteiger partial charge in [-0.2, -0.15) is 0 Å². The molecule has 0 amide bonds. The van der Waals surface area contributed by atoms with Gasteiger partial charge < -0.3 is 10.5 Å². The van der Waals surface area contributed by atoms with Crippen molar-refractivity contribution in [3.8, 4) is 11.8 Å². The number of benzene rings is 3. The van der Waals surface area contributed by atoms with E-state index in [0.29, 0.717) is 0 Å². The summed E-state index contributed by atoms with van der Waals surface area (Å²) in [5, 5.41) is 0. The van der Waals surface area contributed by atoms with Gasteiger partial charge in [0.1, 0.15) is 0 Å². The standard InChI is InChI=1S/C30H31NO2/c1-33-30(32)29-21-24-7-3-2-6-23-11-15-25(8-4-5-9-26(29)16-12-24)27(20-23)17-10-22-13-18-28(31)19-14-22/h11-16,18-21H,2-9,31H2,1H3. The average Bonchev–Trinajstić information content (AvgIpc) is 2.84. The fourth-order valence-corrected chi connectivity index (χ4v) is 4.41. The summed E-state index contributed by atoms with van der Waals surface area (Å²) in [5.41, 5.74) is 14.3. The molecule has 3 heteroatoms. The number of methoxy groups -OCH3 is 1. The normalized spacial score (nSPS) is 13.8. The molecule has 4 bridgehead atoms. The number of hydrogen-bond acceptors (Lipinski definition) is 3. The van der Waals surface area contributed by atoms with Crippen LogP contribution in [0.1, 0.15) is 69.4 Å². The summed E-state index contributed by atoms with van der Waals surface area (Å²) in [5.74, 6) is 6.49. The van der Waals surface area contributed by atoms with Gasteiger partial charge in [0.25, 0.3) is 0 Å². The van der Waals surface area contributed by atoms with Gasteiger partial charge >= 0.3 is 5.97 Å². The number of carbonyl (C=O) groups is 1. The van der Waals surface area contributed by atoms with Crippen molar-refractivity contribution in [3.05, 3.63) is 99.6 Å². The van der Waals surface area contributed by atoms with Gasteiger partial charge in [0.15, 0.2) is 0 Å². The molecule has 0 saturated heterocycles. The highest BCUT2D eigenvalue weighted by atomic mass is 16.5. The molecule has 3 aromatic rings. The van der Waals surface area contributed by atoms with Crippen molar-refractivity contribution < 1.29 is 9.53 Å². The molecule has 0 unspecified atom stereocenters. The lowest BCUT2D eigenvalue weighted by atomic mass is 9.93. The number of esters is 1. The highest BCUT2D eigenvalue weighted by molar-refractivity contribution is 5.91. The summed E-state index contributed by atoms with van der Waals surface area (Å²) in [7, 11) is 1.46. The SMILES string of the molecule is COC(=O)c1cc2ccc1CCCCc1ccc(cc1C#Cc1ccc(N)cc1)CCCC2. The molecule has 33 heavy (non-hydrogen) atoms. The number of anilines is 1. The quantitative estimate of drug-likeness (QED) is 0.293. The van der Waals surface area contributed by atoms with Crippen LogP contribution in [0.25, 0.3) is 0 Å².